The maximum absolute atomic E-state index is 12.2. The van der Waals surface area contributed by atoms with Gasteiger partial charge < -0.3 is 35.9 Å². The third-order valence-electron chi connectivity index (χ3n) is 8.52. The standard InChI is InChI=1S/C26H34N6O4/c1-34-18-11-28-20-7-17(3-4-21(20)36-13-18)30-25-29-12-19(23(27)33)24(32-25)31-22-15-5-14-6-16(22)10-26(8-14,9-15)35-2/h3-4,7,12,14-16,18,22,28H,5-6,8-11,13H2,1-2H3,(H2,27,33)(H2,29,30,31,32)/t14?,15?,16?,18-,22?,26?/m0/s1. The fraction of sp³-hybridized carbons (Fsp3) is 0.577. The molecule has 36 heavy (non-hydrogen) atoms. The number of nitrogens with zero attached hydrogens (tertiary/aromatic N) is 2. The molecule has 2 unspecified atom stereocenters. The number of ether oxygens (including phenoxy) is 3. The predicted molar refractivity (Wildman–Crippen MR) is 136 cm³/mol. The van der Waals surface area contributed by atoms with Gasteiger partial charge in [-0.15, -0.1) is 0 Å². The largest absolute Gasteiger partial charge is 0.489 e. The number of carbonyl (C=O) groups excluding carboxylic acids is 1. The number of methoxy groups -OCH3 is 2. The van der Waals surface area contributed by atoms with E-state index < -0.39 is 5.91 Å². The third-order valence-corrected chi connectivity index (χ3v) is 8.52. The number of anilines is 4. The summed E-state index contributed by atoms with van der Waals surface area (Å²) in [4.78, 5) is 21.3. The number of hydrogen-bond donors (Lipinski definition) is 4. The molecule has 10 nitrogen and oxygen atoms in total. The van der Waals surface area contributed by atoms with Crippen LogP contribution in [-0.2, 0) is 9.47 Å². The molecule has 2 heterocycles. The van der Waals surface area contributed by atoms with Crippen molar-refractivity contribution in [1.29, 1.82) is 0 Å². The molecule has 4 fully saturated rings. The van der Waals surface area contributed by atoms with E-state index in [1.54, 1.807) is 7.11 Å². The zero-order valence-corrected chi connectivity index (χ0v) is 20.8. The molecular weight excluding hydrogens is 460 g/mol. The van der Waals surface area contributed by atoms with Crippen molar-refractivity contribution in [3.05, 3.63) is 30.0 Å². The normalized spacial score (nSPS) is 32.1. The van der Waals surface area contributed by atoms with Crippen LogP contribution in [0.2, 0.25) is 0 Å². The van der Waals surface area contributed by atoms with Crippen LogP contribution in [0.5, 0.6) is 5.75 Å². The molecule has 2 aromatic rings. The lowest BCUT2D eigenvalue weighted by molar-refractivity contribution is -0.149. The van der Waals surface area contributed by atoms with Gasteiger partial charge in [-0.25, -0.2) is 4.98 Å². The van der Waals surface area contributed by atoms with E-state index in [1.165, 1.54) is 25.5 Å². The van der Waals surface area contributed by atoms with Crippen molar-refractivity contribution in [3.63, 3.8) is 0 Å². The molecule has 0 radical (unpaired) electrons. The Labute approximate surface area is 210 Å². The zero-order valence-electron chi connectivity index (χ0n) is 20.8. The lowest BCUT2D eigenvalue weighted by atomic mass is 9.52. The fourth-order valence-electron chi connectivity index (χ4n) is 6.94. The van der Waals surface area contributed by atoms with Crippen molar-refractivity contribution in [2.45, 2.75) is 49.9 Å². The minimum absolute atomic E-state index is 0.0175. The number of aromatic nitrogens is 2. The van der Waals surface area contributed by atoms with E-state index in [-0.39, 0.29) is 17.7 Å². The average molecular weight is 495 g/mol. The Bertz CT molecular complexity index is 1140. The van der Waals surface area contributed by atoms with Gasteiger partial charge in [0.25, 0.3) is 5.91 Å². The number of amides is 1. The van der Waals surface area contributed by atoms with Crippen molar-refractivity contribution in [1.82, 2.24) is 9.97 Å². The molecule has 1 aromatic carbocycles. The lowest BCUT2D eigenvalue weighted by Gasteiger charge is -2.59. The van der Waals surface area contributed by atoms with Crippen molar-refractivity contribution in [2.24, 2.45) is 23.5 Å². The topological polar surface area (TPSA) is 133 Å². The van der Waals surface area contributed by atoms with Crippen molar-refractivity contribution in [3.8, 4) is 5.75 Å². The number of nitrogens with two attached hydrogens (primary N) is 1. The highest BCUT2D eigenvalue weighted by molar-refractivity contribution is 5.97. The first-order valence-corrected chi connectivity index (χ1v) is 12.7. The number of hydrogen-bond acceptors (Lipinski definition) is 9. The maximum Gasteiger partial charge on any atom is 0.254 e. The second-order valence-corrected chi connectivity index (χ2v) is 10.7. The third kappa shape index (κ3) is 4.22. The van der Waals surface area contributed by atoms with Crippen molar-refractivity contribution in [2.75, 3.05) is 43.3 Å². The molecule has 5 N–H and O–H groups in total. The minimum atomic E-state index is -0.541. The van der Waals surface area contributed by atoms with E-state index in [2.05, 4.69) is 20.9 Å². The van der Waals surface area contributed by atoms with Gasteiger partial charge in [0.1, 0.15) is 24.3 Å². The number of carbonyl (C=O) groups is 1. The van der Waals surface area contributed by atoms with Crippen molar-refractivity contribution < 1.29 is 19.0 Å². The Morgan fingerprint density at radius 1 is 1.22 bits per heavy atom. The van der Waals surface area contributed by atoms with Crippen LogP contribution in [0.1, 0.15) is 42.5 Å². The van der Waals surface area contributed by atoms with Gasteiger partial charge in [-0.05, 0) is 68.1 Å². The molecule has 192 valence electrons. The Kier molecular flexibility index (Phi) is 5.88. The highest BCUT2D eigenvalue weighted by Crippen LogP contribution is 2.57. The molecule has 0 spiro atoms. The Morgan fingerprint density at radius 3 is 2.75 bits per heavy atom. The van der Waals surface area contributed by atoms with Crippen LogP contribution in [0.15, 0.2) is 24.4 Å². The Hall–Kier alpha value is -3.11. The van der Waals surface area contributed by atoms with E-state index in [1.807, 2.05) is 25.3 Å². The molecule has 4 aliphatic carbocycles. The van der Waals surface area contributed by atoms with Gasteiger partial charge in [-0.2, -0.15) is 4.98 Å². The van der Waals surface area contributed by atoms with Gasteiger partial charge in [0.2, 0.25) is 5.95 Å². The van der Waals surface area contributed by atoms with Gasteiger partial charge in [-0.1, -0.05) is 0 Å². The second kappa shape index (κ2) is 9.08. The van der Waals surface area contributed by atoms with Crippen LogP contribution in [0.3, 0.4) is 0 Å². The summed E-state index contributed by atoms with van der Waals surface area (Å²) in [7, 11) is 3.53. The van der Waals surface area contributed by atoms with Crippen LogP contribution in [0, 0.1) is 17.8 Å². The molecule has 4 bridgehead atoms. The smallest absolute Gasteiger partial charge is 0.254 e. The van der Waals surface area contributed by atoms with Gasteiger partial charge in [0.05, 0.1) is 16.9 Å². The average Bonchev–Trinajstić information content (AvgIpc) is 3.07. The van der Waals surface area contributed by atoms with Crippen LogP contribution in [-0.4, -0.2) is 61.0 Å². The summed E-state index contributed by atoms with van der Waals surface area (Å²) in [6, 6.07) is 6.01. The van der Waals surface area contributed by atoms with Crippen molar-refractivity contribution >= 4 is 29.0 Å². The van der Waals surface area contributed by atoms with Gasteiger partial charge in [0, 0.05) is 38.7 Å². The van der Waals surface area contributed by atoms with Crippen LogP contribution in [0.25, 0.3) is 0 Å². The number of rotatable bonds is 7. The molecule has 0 saturated heterocycles. The predicted octanol–water partition coefficient (Wildman–Crippen LogP) is 3.14. The molecule has 1 amide bonds. The van der Waals surface area contributed by atoms with E-state index >= 15 is 0 Å². The Morgan fingerprint density at radius 2 is 2.03 bits per heavy atom. The lowest BCUT2D eigenvalue weighted by Crippen LogP contribution is -2.59. The van der Waals surface area contributed by atoms with E-state index in [4.69, 9.17) is 24.9 Å². The first-order valence-electron chi connectivity index (χ1n) is 12.7. The minimum Gasteiger partial charge on any atom is -0.489 e. The number of primary amides is 1. The fourth-order valence-corrected chi connectivity index (χ4v) is 6.94. The number of nitrogens with one attached hydrogen (secondary N) is 3. The molecule has 4 saturated carbocycles. The first kappa shape index (κ1) is 23.3. The summed E-state index contributed by atoms with van der Waals surface area (Å²) in [5.41, 5.74) is 7.68. The summed E-state index contributed by atoms with van der Waals surface area (Å²) < 4.78 is 17.3. The summed E-state index contributed by atoms with van der Waals surface area (Å²) in [5, 5.41) is 10.2. The Balaban J connectivity index is 1.22. The van der Waals surface area contributed by atoms with E-state index in [9.17, 15) is 4.79 Å². The molecule has 1 aliphatic heterocycles. The number of fused-ring (bicyclic) bond motifs is 1. The number of benzene rings is 1. The quantitative estimate of drug-likeness (QED) is 0.458. The summed E-state index contributed by atoms with van der Waals surface area (Å²) in [6.07, 6.45) is 7.13. The maximum atomic E-state index is 12.2. The second-order valence-electron chi connectivity index (χ2n) is 10.7. The summed E-state index contributed by atoms with van der Waals surface area (Å²) in [5.74, 6) is 2.82. The first-order chi connectivity index (χ1) is 17.4. The highest BCUT2D eigenvalue weighted by atomic mass is 16.5. The van der Waals surface area contributed by atoms with Gasteiger partial charge in [-0.3, -0.25) is 4.79 Å². The monoisotopic (exact) mass is 494 g/mol. The summed E-state index contributed by atoms with van der Waals surface area (Å²) >= 11 is 0. The molecule has 3 atom stereocenters. The summed E-state index contributed by atoms with van der Waals surface area (Å²) in [6.45, 7) is 1.14. The molecule has 5 aliphatic rings. The van der Waals surface area contributed by atoms with Crippen LogP contribution >= 0.6 is 0 Å². The zero-order chi connectivity index (χ0) is 24.9. The van der Waals surface area contributed by atoms with E-state index in [0.717, 1.165) is 35.9 Å². The molecule has 1 aromatic heterocycles. The molecule has 7 rings (SSSR count). The highest BCUT2D eigenvalue weighted by Gasteiger charge is 2.55. The van der Waals surface area contributed by atoms with Gasteiger partial charge >= 0.3 is 0 Å². The molecule has 10 heteroatoms. The van der Waals surface area contributed by atoms with Gasteiger partial charge in [0.15, 0.2) is 0 Å². The van der Waals surface area contributed by atoms with Crippen LogP contribution in [0.4, 0.5) is 23.1 Å². The SMILES string of the molecule is CO[C@H]1CNc2cc(Nc3ncc(C(N)=O)c(NC4C5CC6CC4CC(OC)(C6)C5)n3)ccc2OC1. The van der Waals surface area contributed by atoms with Crippen LogP contribution < -0.4 is 26.4 Å². The molecular formula is C26H34N6O4. The van der Waals surface area contributed by atoms with E-state index in [0.29, 0.717) is 42.3 Å².